The Morgan fingerprint density at radius 1 is 1.29 bits per heavy atom. The highest BCUT2D eigenvalue weighted by Gasteiger charge is 2.43. The van der Waals surface area contributed by atoms with Crippen molar-refractivity contribution in [3.05, 3.63) is 35.4 Å². The number of hydrogen-bond donors (Lipinski definition) is 3. The number of unbranched alkanes of at least 4 members (excludes halogenated alkanes) is 1. The predicted molar refractivity (Wildman–Crippen MR) is 132 cm³/mol. The lowest BCUT2D eigenvalue weighted by atomic mass is 9.74. The van der Waals surface area contributed by atoms with Crippen molar-refractivity contribution in [2.45, 2.75) is 64.0 Å². The van der Waals surface area contributed by atoms with E-state index in [1.54, 1.807) is 19.1 Å². The maximum absolute atomic E-state index is 14.8. The molecule has 1 unspecified atom stereocenters. The van der Waals surface area contributed by atoms with Crippen LogP contribution in [0.3, 0.4) is 0 Å². The Bertz CT molecular complexity index is 811. The number of carbonyl (C=O) groups is 1. The first-order chi connectivity index (χ1) is 16.5. The number of halogens is 2. The van der Waals surface area contributed by atoms with Gasteiger partial charge in [0.2, 0.25) is 0 Å². The van der Waals surface area contributed by atoms with E-state index >= 15 is 0 Å². The lowest BCUT2D eigenvalue weighted by molar-refractivity contribution is -0.0590. The molecule has 1 aromatic rings. The van der Waals surface area contributed by atoms with Gasteiger partial charge >= 0.3 is 6.03 Å². The van der Waals surface area contributed by atoms with Crippen molar-refractivity contribution < 1.29 is 28.2 Å². The van der Waals surface area contributed by atoms with Crippen molar-refractivity contribution in [3.63, 3.8) is 0 Å². The molecule has 3 atom stereocenters. The molecule has 200 valence electrons. The van der Waals surface area contributed by atoms with Gasteiger partial charge in [-0.1, -0.05) is 26.0 Å². The van der Waals surface area contributed by atoms with Crippen LogP contribution in [-0.4, -0.2) is 69.1 Å². The van der Waals surface area contributed by atoms with Gasteiger partial charge < -0.3 is 30.5 Å². The first kappa shape index (κ1) is 29.4. The summed E-state index contributed by atoms with van der Waals surface area (Å²) in [6.07, 6.45) is 3.45. The van der Waals surface area contributed by atoms with Crippen LogP contribution in [-0.2, 0) is 15.1 Å². The average Bonchev–Trinajstić information content (AvgIpc) is 2.81. The van der Waals surface area contributed by atoms with Crippen LogP contribution in [0.2, 0.25) is 0 Å². The number of ether oxygens (including phenoxy) is 2. The number of hydrogen-bond acceptors (Lipinski definition) is 5. The highest BCUT2D eigenvalue weighted by Crippen LogP contribution is 2.41. The van der Waals surface area contributed by atoms with Gasteiger partial charge in [-0.3, -0.25) is 0 Å². The number of aliphatic hydroxyl groups is 1. The summed E-state index contributed by atoms with van der Waals surface area (Å²) in [4.78, 5) is 14.6. The number of nitrogens with two attached hydrogens (primary N) is 1. The van der Waals surface area contributed by atoms with Gasteiger partial charge in [0.1, 0.15) is 0 Å². The minimum absolute atomic E-state index is 0.0513. The molecule has 1 heterocycles. The minimum atomic E-state index is -1.60. The summed E-state index contributed by atoms with van der Waals surface area (Å²) in [6, 6.07) is 3.39. The van der Waals surface area contributed by atoms with Crippen LogP contribution in [0, 0.1) is 23.0 Å². The van der Waals surface area contributed by atoms with Gasteiger partial charge in [-0.25, -0.2) is 13.6 Å². The monoisotopic (exact) mass is 499 g/mol. The van der Waals surface area contributed by atoms with Crippen molar-refractivity contribution in [2.75, 3.05) is 47.1 Å². The number of piperidine rings is 1. The zero-order valence-electron chi connectivity index (χ0n) is 21.6. The maximum Gasteiger partial charge on any atom is 0.317 e. The van der Waals surface area contributed by atoms with E-state index in [9.17, 15) is 18.7 Å². The Morgan fingerprint density at radius 3 is 2.71 bits per heavy atom. The third kappa shape index (κ3) is 8.37. The second-order valence-corrected chi connectivity index (χ2v) is 10.5. The maximum atomic E-state index is 14.8. The fourth-order valence-corrected chi connectivity index (χ4v) is 5.15. The van der Waals surface area contributed by atoms with Crippen molar-refractivity contribution >= 4 is 6.03 Å². The van der Waals surface area contributed by atoms with Gasteiger partial charge in [-0.05, 0) is 50.0 Å². The normalized spacial score (nSPS) is 19.3. The molecular formula is C26H43F2N3O4. The largest absolute Gasteiger partial charge is 0.385 e. The molecule has 0 radical (unpaired) electrons. The summed E-state index contributed by atoms with van der Waals surface area (Å²) in [6.45, 7) is 6.29. The smallest absolute Gasteiger partial charge is 0.317 e. The topological polar surface area (TPSA) is 97.1 Å². The molecule has 2 rings (SSSR count). The van der Waals surface area contributed by atoms with Crippen LogP contribution in [0.5, 0.6) is 0 Å². The van der Waals surface area contributed by atoms with Crippen LogP contribution < -0.4 is 11.1 Å². The second kappa shape index (κ2) is 13.5. The van der Waals surface area contributed by atoms with E-state index in [1.807, 2.05) is 0 Å². The van der Waals surface area contributed by atoms with E-state index in [0.29, 0.717) is 58.4 Å². The van der Waals surface area contributed by atoms with E-state index < -0.39 is 23.2 Å². The molecule has 7 nitrogen and oxygen atoms in total. The van der Waals surface area contributed by atoms with Gasteiger partial charge in [-0.15, -0.1) is 0 Å². The molecular weight excluding hydrogens is 456 g/mol. The zero-order valence-corrected chi connectivity index (χ0v) is 21.6. The van der Waals surface area contributed by atoms with Gasteiger partial charge in [0.25, 0.3) is 0 Å². The Balaban J connectivity index is 2.09. The molecule has 1 fully saturated rings. The minimum Gasteiger partial charge on any atom is -0.385 e. The first-order valence-corrected chi connectivity index (χ1v) is 12.5. The van der Waals surface area contributed by atoms with Crippen LogP contribution in [0.1, 0.15) is 57.9 Å². The van der Waals surface area contributed by atoms with Crippen molar-refractivity contribution in [1.82, 2.24) is 10.2 Å². The van der Waals surface area contributed by atoms with E-state index in [-0.39, 0.29) is 36.0 Å². The number of nitrogens with one attached hydrogen (secondary N) is 1. The molecule has 2 amide bonds. The Morgan fingerprint density at radius 2 is 2.03 bits per heavy atom. The highest BCUT2D eigenvalue weighted by molar-refractivity contribution is 5.74. The summed E-state index contributed by atoms with van der Waals surface area (Å²) in [5, 5.41) is 14.7. The fraction of sp³-hybridized carbons (Fsp3) is 0.731. The molecule has 4 N–H and O–H groups in total. The number of rotatable bonds is 13. The van der Waals surface area contributed by atoms with Crippen LogP contribution in [0.4, 0.5) is 13.6 Å². The third-order valence-electron chi connectivity index (χ3n) is 6.82. The number of urea groups is 1. The SMILES string of the molecule is COCCCC[C@@](O)(c1cccc(F)c1F)[C@@H]1CCCN(C(=O)NCC(N)CC(C)(C)COC)C1. The summed E-state index contributed by atoms with van der Waals surface area (Å²) < 4.78 is 39.2. The number of methoxy groups -OCH3 is 2. The molecule has 0 saturated carbocycles. The molecule has 1 aliphatic heterocycles. The third-order valence-corrected chi connectivity index (χ3v) is 6.82. The summed E-state index contributed by atoms with van der Waals surface area (Å²) >= 11 is 0. The molecule has 0 spiro atoms. The molecule has 1 aromatic carbocycles. The molecule has 1 saturated heterocycles. The van der Waals surface area contributed by atoms with E-state index in [0.717, 1.165) is 6.07 Å². The lowest BCUT2D eigenvalue weighted by Crippen LogP contribution is -2.52. The van der Waals surface area contributed by atoms with E-state index in [2.05, 4.69) is 19.2 Å². The molecule has 35 heavy (non-hydrogen) atoms. The quantitative estimate of drug-likeness (QED) is 0.359. The van der Waals surface area contributed by atoms with E-state index in [1.165, 1.54) is 12.1 Å². The van der Waals surface area contributed by atoms with Crippen LogP contribution in [0.25, 0.3) is 0 Å². The first-order valence-electron chi connectivity index (χ1n) is 12.5. The van der Waals surface area contributed by atoms with Gasteiger partial charge in [0, 0.05) is 58.0 Å². The lowest BCUT2D eigenvalue weighted by Gasteiger charge is -2.43. The van der Waals surface area contributed by atoms with Gasteiger partial charge in [0.05, 0.1) is 12.2 Å². The molecule has 0 aliphatic carbocycles. The Hall–Kier alpha value is -1.81. The molecule has 0 aromatic heterocycles. The summed E-state index contributed by atoms with van der Waals surface area (Å²) in [5.41, 5.74) is 4.48. The fourth-order valence-electron chi connectivity index (χ4n) is 5.15. The van der Waals surface area contributed by atoms with Crippen LogP contribution >= 0.6 is 0 Å². The molecule has 1 aliphatic rings. The van der Waals surface area contributed by atoms with Gasteiger partial charge in [-0.2, -0.15) is 0 Å². The number of nitrogens with zero attached hydrogens (tertiary/aromatic N) is 1. The van der Waals surface area contributed by atoms with Gasteiger partial charge in [0.15, 0.2) is 11.6 Å². The number of carbonyl (C=O) groups excluding carboxylic acids is 1. The Kier molecular flexibility index (Phi) is 11.3. The highest BCUT2D eigenvalue weighted by atomic mass is 19.2. The number of amides is 2. The second-order valence-electron chi connectivity index (χ2n) is 10.5. The predicted octanol–water partition coefficient (Wildman–Crippen LogP) is 3.78. The van der Waals surface area contributed by atoms with Crippen molar-refractivity contribution in [2.24, 2.45) is 17.1 Å². The standard InChI is InChI=1S/C26H43F2N3O4/c1-25(2,18-35-4)15-20(29)16-30-24(32)31-13-8-9-19(17-31)26(33,12-5-6-14-34-3)21-10-7-11-22(27)23(21)28/h7,10-11,19-20,33H,5-6,8-9,12-18,29H2,1-4H3,(H,30,32)/t19-,20?,26+/m1/s1. The molecule has 0 bridgehead atoms. The zero-order chi connectivity index (χ0) is 26.1. The summed E-state index contributed by atoms with van der Waals surface area (Å²) in [7, 11) is 3.25. The number of benzene rings is 1. The average molecular weight is 500 g/mol. The van der Waals surface area contributed by atoms with Crippen LogP contribution in [0.15, 0.2) is 18.2 Å². The van der Waals surface area contributed by atoms with Crippen molar-refractivity contribution in [3.8, 4) is 0 Å². The Labute approximate surface area is 208 Å². The molecule has 9 heteroatoms. The van der Waals surface area contributed by atoms with Crippen molar-refractivity contribution in [1.29, 1.82) is 0 Å². The summed E-state index contributed by atoms with van der Waals surface area (Å²) in [5.74, 6) is -2.46. The van der Waals surface area contributed by atoms with E-state index in [4.69, 9.17) is 15.2 Å². The number of likely N-dealkylation sites (tertiary alicyclic amines) is 1.